The van der Waals surface area contributed by atoms with Gasteiger partial charge in [0.1, 0.15) is 5.82 Å². The lowest BCUT2D eigenvalue weighted by molar-refractivity contribution is 0.0698. The third kappa shape index (κ3) is 1.48. The van der Waals surface area contributed by atoms with Crippen LogP contribution in [0.3, 0.4) is 0 Å². The molecule has 90 valence electrons. The quantitative estimate of drug-likeness (QED) is 0.648. The third-order valence-corrected chi connectivity index (χ3v) is 2.85. The molecule has 0 saturated heterocycles. The molecule has 1 aromatic carbocycles. The molecule has 4 nitrogen and oxygen atoms in total. The number of para-hydroxylation sites is 1. The van der Waals surface area contributed by atoms with E-state index in [1.165, 1.54) is 12.1 Å². The fourth-order valence-corrected chi connectivity index (χ4v) is 2.02. The molecule has 3 aromatic rings. The molecule has 0 atom stereocenters. The summed E-state index contributed by atoms with van der Waals surface area (Å²) in [4.78, 5) is 16.8. The average molecular weight is 244 g/mol. The van der Waals surface area contributed by atoms with E-state index in [1.807, 2.05) is 0 Å². The summed E-state index contributed by atoms with van der Waals surface area (Å²) in [6, 6.07) is 7.93. The Labute approximate surface area is 101 Å². The Morgan fingerprint density at radius 1 is 1.28 bits per heavy atom. The van der Waals surface area contributed by atoms with E-state index in [4.69, 9.17) is 5.11 Å². The minimum Gasteiger partial charge on any atom is -0.478 e. The van der Waals surface area contributed by atoms with Crippen LogP contribution in [0.5, 0.6) is 0 Å². The third-order valence-electron chi connectivity index (χ3n) is 2.85. The van der Waals surface area contributed by atoms with Crippen LogP contribution >= 0.6 is 0 Å². The predicted octanol–water partition coefficient (Wildman–Crippen LogP) is 3.00. The molecule has 0 unspecified atom stereocenters. The highest BCUT2D eigenvalue weighted by Crippen LogP contribution is 2.27. The van der Waals surface area contributed by atoms with Crippen LogP contribution in [0.4, 0.5) is 4.39 Å². The van der Waals surface area contributed by atoms with E-state index in [0.717, 1.165) is 0 Å². The summed E-state index contributed by atoms with van der Waals surface area (Å²) in [6.07, 6.45) is 1.54. The number of fused-ring (bicyclic) bond motifs is 1. The number of nitrogens with one attached hydrogen (secondary N) is 2. The maximum absolute atomic E-state index is 13.5. The molecular weight excluding hydrogens is 235 g/mol. The van der Waals surface area contributed by atoms with Crippen molar-refractivity contribution in [2.45, 2.75) is 0 Å². The number of H-pyrrole nitrogens is 2. The number of carboxylic acids is 1. The van der Waals surface area contributed by atoms with Gasteiger partial charge in [-0.05, 0) is 18.2 Å². The highest BCUT2D eigenvalue weighted by molar-refractivity contribution is 5.96. The summed E-state index contributed by atoms with van der Waals surface area (Å²) in [5, 5.41) is 9.74. The highest BCUT2D eigenvalue weighted by Gasteiger charge is 2.15. The number of carboxylic acid groups (broad SMARTS) is 1. The monoisotopic (exact) mass is 244 g/mol. The highest BCUT2D eigenvalue weighted by atomic mass is 19.1. The zero-order valence-electron chi connectivity index (χ0n) is 9.20. The molecule has 3 rings (SSSR count). The molecule has 5 heteroatoms. The second-order valence-electron chi connectivity index (χ2n) is 3.96. The topological polar surface area (TPSA) is 68.9 Å². The lowest BCUT2D eigenvalue weighted by atomic mass is 10.2. The van der Waals surface area contributed by atoms with Gasteiger partial charge in [-0.3, -0.25) is 0 Å². The van der Waals surface area contributed by atoms with E-state index in [2.05, 4.69) is 9.97 Å². The first-order valence-corrected chi connectivity index (χ1v) is 5.35. The van der Waals surface area contributed by atoms with Gasteiger partial charge in [0.15, 0.2) is 0 Å². The standard InChI is InChI=1S/C13H9FN2O2/c14-9-3-1-2-7-6-10(16-11(7)9)12-8(13(17)18)4-5-15-12/h1-6,15-16H,(H,17,18). The van der Waals surface area contributed by atoms with Crippen LogP contribution in [0.1, 0.15) is 10.4 Å². The van der Waals surface area contributed by atoms with Crippen molar-refractivity contribution < 1.29 is 14.3 Å². The molecule has 0 spiro atoms. The van der Waals surface area contributed by atoms with Gasteiger partial charge in [0, 0.05) is 11.6 Å². The zero-order valence-corrected chi connectivity index (χ0v) is 9.20. The molecule has 0 aliphatic carbocycles. The first-order chi connectivity index (χ1) is 8.66. The number of aromatic amines is 2. The Morgan fingerprint density at radius 2 is 2.11 bits per heavy atom. The average Bonchev–Trinajstić information content (AvgIpc) is 2.95. The van der Waals surface area contributed by atoms with Gasteiger partial charge in [0.25, 0.3) is 0 Å². The number of aromatic nitrogens is 2. The molecule has 18 heavy (non-hydrogen) atoms. The number of hydrogen-bond donors (Lipinski definition) is 3. The van der Waals surface area contributed by atoms with Crippen molar-refractivity contribution >= 4 is 16.9 Å². The summed E-state index contributed by atoms with van der Waals surface area (Å²) in [6.45, 7) is 0. The molecule has 3 N–H and O–H groups in total. The zero-order chi connectivity index (χ0) is 12.7. The Bertz CT molecular complexity index is 742. The van der Waals surface area contributed by atoms with E-state index < -0.39 is 5.97 Å². The van der Waals surface area contributed by atoms with Gasteiger partial charge in [-0.15, -0.1) is 0 Å². The van der Waals surface area contributed by atoms with Crippen LogP contribution in [0.25, 0.3) is 22.3 Å². The minimum absolute atomic E-state index is 0.155. The second-order valence-corrected chi connectivity index (χ2v) is 3.96. The fraction of sp³-hybridized carbons (Fsp3) is 0. The van der Waals surface area contributed by atoms with Crippen LogP contribution in [0, 0.1) is 5.82 Å². The van der Waals surface area contributed by atoms with Crippen molar-refractivity contribution in [2.24, 2.45) is 0 Å². The lowest BCUT2D eigenvalue weighted by Gasteiger charge is -1.96. The lowest BCUT2D eigenvalue weighted by Crippen LogP contribution is -1.96. The summed E-state index contributed by atoms with van der Waals surface area (Å²) in [7, 11) is 0. The smallest absolute Gasteiger partial charge is 0.337 e. The number of aromatic carboxylic acids is 1. The Morgan fingerprint density at radius 3 is 2.83 bits per heavy atom. The van der Waals surface area contributed by atoms with E-state index in [9.17, 15) is 9.18 Å². The van der Waals surface area contributed by atoms with Crippen molar-refractivity contribution in [3.63, 3.8) is 0 Å². The molecule has 0 saturated carbocycles. The van der Waals surface area contributed by atoms with Crippen molar-refractivity contribution in [2.75, 3.05) is 0 Å². The van der Waals surface area contributed by atoms with Gasteiger partial charge >= 0.3 is 5.97 Å². The van der Waals surface area contributed by atoms with E-state index in [-0.39, 0.29) is 11.4 Å². The summed E-state index contributed by atoms with van der Waals surface area (Å²) >= 11 is 0. The van der Waals surface area contributed by atoms with Gasteiger partial charge in [-0.25, -0.2) is 9.18 Å². The molecule has 0 radical (unpaired) electrons. The minimum atomic E-state index is -1.02. The van der Waals surface area contributed by atoms with E-state index in [0.29, 0.717) is 22.3 Å². The first kappa shape index (κ1) is 10.6. The first-order valence-electron chi connectivity index (χ1n) is 5.35. The van der Waals surface area contributed by atoms with E-state index in [1.54, 1.807) is 24.4 Å². The molecule has 2 aromatic heterocycles. The van der Waals surface area contributed by atoms with Gasteiger partial charge in [-0.1, -0.05) is 12.1 Å². The number of rotatable bonds is 2. The van der Waals surface area contributed by atoms with Gasteiger partial charge in [0.05, 0.1) is 22.5 Å². The largest absolute Gasteiger partial charge is 0.478 e. The SMILES string of the molecule is O=C(O)c1cc[nH]c1-c1cc2cccc(F)c2[nH]1. The summed E-state index contributed by atoms with van der Waals surface area (Å²) < 4.78 is 13.5. The molecule has 0 amide bonds. The molecular formula is C13H9FN2O2. The van der Waals surface area contributed by atoms with Gasteiger partial charge in [-0.2, -0.15) is 0 Å². The van der Waals surface area contributed by atoms with Crippen LogP contribution < -0.4 is 0 Å². The predicted molar refractivity (Wildman–Crippen MR) is 65.0 cm³/mol. The number of halogens is 1. The Kier molecular flexibility index (Phi) is 2.19. The normalized spacial score (nSPS) is 10.9. The Balaban J connectivity index is 2.23. The molecule has 2 heterocycles. The second kappa shape index (κ2) is 3.73. The van der Waals surface area contributed by atoms with Gasteiger partial charge in [0.2, 0.25) is 0 Å². The molecule has 0 aliphatic heterocycles. The van der Waals surface area contributed by atoms with Crippen LogP contribution in [-0.2, 0) is 0 Å². The van der Waals surface area contributed by atoms with Crippen LogP contribution in [0.2, 0.25) is 0 Å². The molecule has 0 fully saturated rings. The maximum atomic E-state index is 13.5. The number of benzene rings is 1. The summed E-state index contributed by atoms with van der Waals surface area (Å²) in [5.74, 6) is -1.38. The fourth-order valence-electron chi connectivity index (χ4n) is 2.02. The number of hydrogen-bond acceptors (Lipinski definition) is 1. The molecule has 0 bridgehead atoms. The Hall–Kier alpha value is -2.56. The van der Waals surface area contributed by atoms with Crippen molar-refractivity contribution in [1.82, 2.24) is 9.97 Å². The van der Waals surface area contributed by atoms with Crippen molar-refractivity contribution in [3.8, 4) is 11.4 Å². The van der Waals surface area contributed by atoms with Crippen LogP contribution in [-0.4, -0.2) is 21.0 Å². The maximum Gasteiger partial charge on any atom is 0.337 e. The molecule has 0 aliphatic rings. The number of carbonyl (C=O) groups is 1. The van der Waals surface area contributed by atoms with Crippen molar-refractivity contribution in [3.05, 3.63) is 47.9 Å². The van der Waals surface area contributed by atoms with E-state index >= 15 is 0 Å². The van der Waals surface area contributed by atoms with Gasteiger partial charge < -0.3 is 15.1 Å². The van der Waals surface area contributed by atoms with Crippen molar-refractivity contribution in [1.29, 1.82) is 0 Å². The van der Waals surface area contributed by atoms with Crippen LogP contribution in [0.15, 0.2) is 36.5 Å². The summed E-state index contributed by atoms with van der Waals surface area (Å²) in [5.41, 5.74) is 1.52.